The van der Waals surface area contributed by atoms with Gasteiger partial charge in [-0.2, -0.15) is 0 Å². The number of nitrogens with zero attached hydrogens (tertiary/aromatic N) is 1. The SMILES string of the molecule is CN1C(=O)/C(=C\c2c(OCCCC(=O)O)ccc3ccccc23)SC1=S. The average Bonchev–Trinajstić information content (AvgIpc) is 2.87. The van der Waals surface area contributed by atoms with Crippen LogP contribution in [0.15, 0.2) is 41.3 Å². The summed E-state index contributed by atoms with van der Waals surface area (Å²) < 4.78 is 6.34. The summed E-state index contributed by atoms with van der Waals surface area (Å²) >= 11 is 6.45. The first-order valence-corrected chi connectivity index (χ1v) is 9.28. The third-order valence-electron chi connectivity index (χ3n) is 3.99. The number of carboxylic acids is 1. The number of likely N-dealkylation sites (N-methyl/N-ethyl adjacent to an activating group) is 1. The van der Waals surface area contributed by atoms with Gasteiger partial charge in [-0.1, -0.05) is 54.3 Å². The van der Waals surface area contributed by atoms with Crippen molar-refractivity contribution in [3.8, 4) is 5.75 Å². The normalized spacial score (nSPS) is 15.9. The standard InChI is InChI=1S/C19H17NO4S2/c1-20-18(23)16(26-19(20)25)11-14-13-6-3-2-5-12(13)8-9-15(14)24-10-4-7-17(21)22/h2-3,5-6,8-9,11H,4,7,10H2,1H3,(H,21,22)/b16-11+. The maximum Gasteiger partial charge on any atom is 0.303 e. The first-order valence-electron chi connectivity index (χ1n) is 8.05. The van der Waals surface area contributed by atoms with Crippen LogP contribution in [-0.4, -0.2) is 39.9 Å². The second kappa shape index (κ2) is 7.88. The van der Waals surface area contributed by atoms with Crippen molar-refractivity contribution in [1.82, 2.24) is 4.90 Å². The van der Waals surface area contributed by atoms with Gasteiger partial charge in [0.05, 0.1) is 11.5 Å². The van der Waals surface area contributed by atoms with Crippen LogP contribution in [0.2, 0.25) is 0 Å². The Labute approximate surface area is 160 Å². The fourth-order valence-corrected chi connectivity index (χ4v) is 3.79. The van der Waals surface area contributed by atoms with Crippen molar-refractivity contribution in [2.45, 2.75) is 12.8 Å². The molecule has 0 unspecified atom stereocenters. The van der Waals surface area contributed by atoms with Crippen LogP contribution in [0.25, 0.3) is 16.8 Å². The van der Waals surface area contributed by atoms with Crippen LogP contribution in [0.3, 0.4) is 0 Å². The number of hydrogen-bond donors (Lipinski definition) is 1. The van der Waals surface area contributed by atoms with E-state index in [-0.39, 0.29) is 12.3 Å². The van der Waals surface area contributed by atoms with Crippen LogP contribution in [0.4, 0.5) is 0 Å². The summed E-state index contributed by atoms with van der Waals surface area (Å²) in [4.78, 5) is 25.0. The van der Waals surface area contributed by atoms with E-state index in [1.165, 1.54) is 16.7 Å². The largest absolute Gasteiger partial charge is 0.493 e. The maximum atomic E-state index is 12.3. The lowest BCUT2D eigenvalue weighted by atomic mass is 10.0. The molecule has 1 saturated heterocycles. The molecule has 26 heavy (non-hydrogen) atoms. The van der Waals surface area contributed by atoms with Crippen molar-refractivity contribution in [2.24, 2.45) is 0 Å². The van der Waals surface area contributed by atoms with Crippen LogP contribution >= 0.6 is 24.0 Å². The average molecular weight is 387 g/mol. The number of benzene rings is 2. The molecule has 0 saturated carbocycles. The summed E-state index contributed by atoms with van der Waals surface area (Å²) in [6, 6.07) is 11.6. The summed E-state index contributed by atoms with van der Waals surface area (Å²) in [5, 5.41) is 10.7. The second-order valence-electron chi connectivity index (χ2n) is 5.78. The number of rotatable bonds is 6. The van der Waals surface area contributed by atoms with Gasteiger partial charge in [0, 0.05) is 19.0 Å². The van der Waals surface area contributed by atoms with Crippen molar-refractivity contribution in [2.75, 3.05) is 13.7 Å². The smallest absolute Gasteiger partial charge is 0.303 e. The minimum Gasteiger partial charge on any atom is -0.493 e. The molecule has 1 amide bonds. The number of aliphatic carboxylic acids is 1. The molecule has 7 heteroatoms. The van der Waals surface area contributed by atoms with Gasteiger partial charge < -0.3 is 9.84 Å². The Morgan fingerprint density at radius 2 is 2.08 bits per heavy atom. The minimum absolute atomic E-state index is 0.0530. The van der Waals surface area contributed by atoms with E-state index in [0.29, 0.717) is 28.0 Å². The Kier molecular flexibility index (Phi) is 5.58. The van der Waals surface area contributed by atoms with E-state index in [4.69, 9.17) is 22.1 Å². The molecule has 1 aliphatic rings. The lowest BCUT2D eigenvalue weighted by Gasteiger charge is -2.12. The monoisotopic (exact) mass is 387 g/mol. The van der Waals surface area contributed by atoms with Crippen LogP contribution in [0, 0.1) is 0 Å². The highest BCUT2D eigenvalue weighted by atomic mass is 32.2. The number of hydrogen-bond acceptors (Lipinski definition) is 5. The summed E-state index contributed by atoms with van der Waals surface area (Å²) in [7, 11) is 1.66. The molecular weight excluding hydrogens is 370 g/mol. The first kappa shape index (κ1) is 18.4. The summed E-state index contributed by atoms with van der Waals surface area (Å²) in [6.07, 6.45) is 2.27. The zero-order chi connectivity index (χ0) is 18.7. The number of thiocarbonyl (C=S) groups is 1. The number of carbonyl (C=O) groups excluding carboxylic acids is 1. The zero-order valence-electron chi connectivity index (χ0n) is 14.1. The van der Waals surface area contributed by atoms with Crippen LogP contribution in [-0.2, 0) is 9.59 Å². The quantitative estimate of drug-likeness (QED) is 0.460. The highest BCUT2D eigenvalue weighted by Crippen LogP contribution is 2.36. The Balaban J connectivity index is 1.98. The predicted molar refractivity (Wildman–Crippen MR) is 107 cm³/mol. The van der Waals surface area contributed by atoms with Gasteiger partial charge in [-0.25, -0.2) is 0 Å². The van der Waals surface area contributed by atoms with Gasteiger partial charge >= 0.3 is 5.97 Å². The predicted octanol–water partition coefficient (Wildman–Crippen LogP) is 3.91. The molecule has 1 N–H and O–H groups in total. The van der Waals surface area contributed by atoms with Crippen molar-refractivity contribution in [3.63, 3.8) is 0 Å². The topological polar surface area (TPSA) is 66.8 Å². The molecule has 1 aliphatic heterocycles. The fourth-order valence-electron chi connectivity index (χ4n) is 2.63. The van der Waals surface area contributed by atoms with Crippen molar-refractivity contribution in [1.29, 1.82) is 0 Å². The van der Waals surface area contributed by atoms with E-state index < -0.39 is 5.97 Å². The summed E-state index contributed by atoms with van der Waals surface area (Å²) in [5.74, 6) is -0.362. The molecule has 0 spiro atoms. The second-order valence-corrected chi connectivity index (χ2v) is 7.46. The van der Waals surface area contributed by atoms with Crippen LogP contribution < -0.4 is 4.74 Å². The summed E-state index contributed by atoms with van der Waals surface area (Å²) in [5.41, 5.74) is 0.798. The number of ether oxygens (including phenoxy) is 1. The summed E-state index contributed by atoms with van der Waals surface area (Å²) in [6.45, 7) is 0.292. The molecule has 1 fully saturated rings. The van der Waals surface area contributed by atoms with Gasteiger partial charge in [0.2, 0.25) is 0 Å². The van der Waals surface area contributed by atoms with Crippen molar-refractivity contribution >= 4 is 57.0 Å². The highest BCUT2D eigenvalue weighted by Gasteiger charge is 2.29. The van der Waals surface area contributed by atoms with Crippen LogP contribution in [0.1, 0.15) is 18.4 Å². The number of thioether (sulfide) groups is 1. The zero-order valence-corrected chi connectivity index (χ0v) is 15.7. The Morgan fingerprint density at radius 1 is 1.31 bits per heavy atom. The van der Waals surface area contributed by atoms with Crippen LogP contribution in [0.5, 0.6) is 5.75 Å². The molecule has 2 aromatic rings. The molecule has 1 heterocycles. The van der Waals surface area contributed by atoms with Crippen molar-refractivity contribution < 1.29 is 19.4 Å². The maximum absolute atomic E-state index is 12.3. The number of amides is 1. The van der Waals surface area contributed by atoms with E-state index in [0.717, 1.165) is 16.3 Å². The Bertz CT molecular complexity index is 923. The van der Waals surface area contributed by atoms with Gasteiger partial charge in [-0.05, 0) is 29.3 Å². The van der Waals surface area contributed by atoms with Gasteiger partial charge in [-0.15, -0.1) is 0 Å². The highest BCUT2D eigenvalue weighted by molar-refractivity contribution is 8.26. The lowest BCUT2D eigenvalue weighted by molar-refractivity contribution is -0.137. The Hall–Kier alpha value is -2.38. The van der Waals surface area contributed by atoms with Gasteiger partial charge in [0.1, 0.15) is 10.1 Å². The molecule has 0 radical (unpaired) electrons. The molecule has 0 aromatic heterocycles. The molecule has 2 aromatic carbocycles. The third kappa shape index (κ3) is 3.89. The van der Waals surface area contributed by atoms with E-state index >= 15 is 0 Å². The fraction of sp³-hybridized carbons (Fsp3) is 0.211. The molecule has 0 aliphatic carbocycles. The molecular formula is C19H17NO4S2. The van der Waals surface area contributed by atoms with E-state index in [1.54, 1.807) is 13.1 Å². The van der Waals surface area contributed by atoms with E-state index in [1.807, 2.05) is 36.4 Å². The van der Waals surface area contributed by atoms with Gasteiger partial charge in [0.15, 0.2) is 0 Å². The van der Waals surface area contributed by atoms with Crippen molar-refractivity contribution in [3.05, 3.63) is 46.9 Å². The molecule has 5 nitrogen and oxygen atoms in total. The molecule has 3 rings (SSSR count). The minimum atomic E-state index is -0.848. The Morgan fingerprint density at radius 3 is 2.77 bits per heavy atom. The van der Waals surface area contributed by atoms with E-state index in [2.05, 4.69) is 0 Å². The number of carbonyl (C=O) groups is 2. The molecule has 0 atom stereocenters. The third-order valence-corrected chi connectivity index (χ3v) is 5.47. The molecule has 134 valence electrons. The van der Waals surface area contributed by atoms with Gasteiger partial charge in [-0.3, -0.25) is 14.5 Å². The molecule has 0 bridgehead atoms. The lowest BCUT2D eigenvalue weighted by Crippen LogP contribution is -2.22. The number of carboxylic acid groups (broad SMARTS) is 1. The van der Waals surface area contributed by atoms with Gasteiger partial charge in [0.25, 0.3) is 5.91 Å². The van der Waals surface area contributed by atoms with E-state index in [9.17, 15) is 9.59 Å². The number of fused-ring (bicyclic) bond motifs is 1. The first-order chi connectivity index (χ1) is 12.5.